The molecule has 0 amide bonds. The van der Waals surface area contributed by atoms with Gasteiger partial charge in [0.15, 0.2) is 0 Å². The van der Waals surface area contributed by atoms with Crippen molar-refractivity contribution >= 4 is 0 Å². The monoisotopic (exact) mass is 360 g/mol. The molecule has 0 atom stereocenters. The number of benzene rings is 3. The van der Waals surface area contributed by atoms with Crippen LogP contribution < -0.4 is 0 Å². The average Bonchev–Trinajstić information content (AvgIpc) is 2.76. The van der Waals surface area contributed by atoms with E-state index in [0.717, 1.165) is 24.0 Å². The molecule has 136 valence electrons. The first kappa shape index (κ1) is 19.3. The van der Waals surface area contributed by atoms with Gasteiger partial charge in [-0.3, -0.25) is 0 Å². The fourth-order valence-electron chi connectivity index (χ4n) is 2.81. The summed E-state index contributed by atoms with van der Waals surface area (Å²) in [5, 5.41) is 0. The first-order valence-corrected chi connectivity index (χ1v) is 9.76. The second-order valence-electron chi connectivity index (χ2n) is 6.60. The molecule has 3 aromatic rings. The summed E-state index contributed by atoms with van der Waals surface area (Å²) in [7, 11) is 0. The number of hydrogen-bond donors (Lipinski definition) is 0. The van der Waals surface area contributed by atoms with Crippen LogP contribution in [0.2, 0.25) is 0 Å². The fourth-order valence-corrected chi connectivity index (χ4v) is 2.81. The van der Waals surface area contributed by atoms with E-state index in [1.54, 1.807) is 0 Å². The van der Waals surface area contributed by atoms with Crippen LogP contribution in [0, 0.1) is 23.7 Å². The van der Waals surface area contributed by atoms with Gasteiger partial charge >= 0.3 is 0 Å². The van der Waals surface area contributed by atoms with Crippen LogP contribution in [-0.4, -0.2) is 0 Å². The van der Waals surface area contributed by atoms with Crippen LogP contribution in [0.15, 0.2) is 91.0 Å². The second-order valence-corrected chi connectivity index (χ2v) is 6.60. The Morgan fingerprint density at radius 1 is 0.643 bits per heavy atom. The van der Waals surface area contributed by atoms with Crippen LogP contribution in [-0.2, 0) is 6.42 Å². The molecule has 3 aromatic carbocycles. The molecule has 0 heterocycles. The topological polar surface area (TPSA) is 0 Å². The molecule has 0 aliphatic rings. The zero-order valence-electron chi connectivity index (χ0n) is 16.3. The third-order valence-electron chi connectivity index (χ3n) is 4.40. The summed E-state index contributed by atoms with van der Waals surface area (Å²) in [5.74, 6) is 12.1. The molecule has 3 rings (SSSR count). The SMILES string of the molecule is CCC/C=C/Cc1ccc(C#CC#Cc2ccc(-c3ccccc3)cc2)cc1. The summed E-state index contributed by atoms with van der Waals surface area (Å²) in [4.78, 5) is 0. The van der Waals surface area contributed by atoms with Crippen molar-refractivity contribution in [3.63, 3.8) is 0 Å². The third-order valence-corrected chi connectivity index (χ3v) is 4.40. The summed E-state index contributed by atoms with van der Waals surface area (Å²) >= 11 is 0. The molecule has 0 spiro atoms. The van der Waals surface area contributed by atoms with Crippen LogP contribution >= 0.6 is 0 Å². The van der Waals surface area contributed by atoms with E-state index in [-0.39, 0.29) is 0 Å². The molecule has 0 radical (unpaired) electrons. The molecule has 0 nitrogen and oxygen atoms in total. The lowest BCUT2D eigenvalue weighted by Crippen LogP contribution is -1.81. The van der Waals surface area contributed by atoms with Crippen molar-refractivity contribution in [2.75, 3.05) is 0 Å². The Balaban J connectivity index is 1.58. The van der Waals surface area contributed by atoms with Crippen molar-refractivity contribution in [3.8, 4) is 34.8 Å². The summed E-state index contributed by atoms with van der Waals surface area (Å²) in [6, 6.07) is 27.0. The van der Waals surface area contributed by atoms with Gasteiger partial charge in [0.25, 0.3) is 0 Å². The molecule has 0 bridgehead atoms. The highest BCUT2D eigenvalue weighted by atomic mass is 14.0. The van der Waals surface area contributed by atoms with E-state index in [2.05, 4.69) is 91.3 Å². The Labute approximate surface area is 169 Å². The van der Waals surface area contributed by atoms with Crippen molar-refractivity contribution in [3.05, 3.63) is 108 Å². The molecular weight excluding hydrogens is 336 g/mol. The number of unbranched alkanes of at least 4 members (excludes halogenated alkanes) is 1. The zero-order chi connectivity index (χ0) is 19.4. The maximum absolute atomic E-state index is 3.11. The van der Waals surface area contributed by atoms with E-state index >= 15 is 0 Å². The van der Waals surface area contributed by atoms with Gasteiger partial charge in [0, 0.05) is 11.1 Å². The Hall–Kier alpha value is -3.48. The van der Waals surface area contributed by atoms with E-state index in [1.807, 2.05) is 30.3 Å². The van der Waals surface area contributed by atoms with Gasteiger partial charge in [-0.1, -0.05) is 91.9 Å². The van der Waals surface area contributed by atoms with E-state index < -0.39 is 0 Å². The molecule has 0 heteroatoms. The van der Waals surface area contributed by atoms with Gasteiger partial charge in [-0.25, -0.2) is 0 Å². The molecular formula is C28H24. The van der Waals surface area contributed by atoms with E-state index in [0.29, 0.717) is 0 Å². The highest BCUT2D eigenvalue weighted by molar-refractivity contribution is 5.64. The molecule has 0 N–H and O–H groups in total. The molecule has 0 aliphatic heterocycles. The van der Waals surface area contributed by atoms with E-state index in [9.17, 15) is 0 Å². The maximum Gasteiger partial charge on any atom is 0.0255 e. The van der Waals surface area contributed by atoms with Gasteiger partial charge in [-0.2, -0.15) is 0 Å². The van der Waals surface area contributed by atoms with Crippen molar-refractivity contribution in [1.82, 2.24) is 0 Å². The zero-order valence-corrected chi connectivity index (χ0v) is 16.3. The van der Waals surface area contributed by atoms with Crippen molar-refractivity contribution in [1.29, 1.82) is 0 Å². The summed E-state index contributed by atoms with van der Waals surface area (Å²) in [6.07, 6.45) is 7.81. The van der Waals surface area contributed by atoms with Crippen LogP contribution in [0.1, 0.15) is 36.5 Å². The predicted octanol–water partition coefficient (Wildman–Crippen LogP) is 6.66. The van der Waals surface area contributed by atoms with E-state index in [4.69, 9.17) is 0 Å². The normalized spacial score (nSPS) is 10.0. The molecule has 0 unspecified atom stereocenters. The summed E-state index contributed by atoms with van der Waals surface area (Å²) < 4.78 is 0. The number of allylic oxidation sites excluding steroid dienone is 2. The van der Waals surface area contributed by atoms with Crippen LogP contribution in [0.5, 0.6) is 0 Å². The standard InChI is InChI=1S/C28H24/c1-2-3-4-6-11-24-16-18-25(19-17-24)12-9-10-13-26-20-22-28(23-21-26)27-14-7-5-8-15-27/h4-8,14-23H,2-3,11H2,1H3/b6-4+. The third kappa shape index (κ3) is 6.05. The summed E-state index contributed by atoms with van der Waals surface area (Å²) in [5.41, 5.74) is 5.69. The number of rotatable bonds is 5. The van der Waals surface area contributed by atoms with Gasteiger partial charge in [0.2, 0.25) is 0 Å². The first-order valence-electron chi connectivity index (χ1n) is 9.76. The Kier molecular flexibility index (Phi) is 7.31. The molecule has 0 saturated carbocycles. The Morgan fingerprint density at radius 3 is 1.82 bits per heavy atom. The molecule has 0 aromatic heterocycles. The Bertz CT molecular complexity index is 1010. The van der Waals surface area contributed by atoms with Gasteiger partial charge in [-0.15, -0.1) is 0 Å². The number of hydrogen-bond acceptors (Lipinski definition) is 0. The minimum absolute atomic E-state index is 0.975. The Morgan fingerprint density at radius 2 is 1.21 bits per heavy atom. The molecule has 0 saturated heterocycles. The minimum atomic E-state index is 0.975. The second kappa shape index (κ2) is 10.6. The van der Waals surface area contributed by atoms with Crippen molar-refractivity contribution < 1.29 is 0 Å². The van der Waals surface area contributed by atoms with Crippen LogP contribution in [0.4, 0.5) is 0 Å². The molecule has 0 aliphatic carbocycles. The van der Waals surface area contributed by atoms with Gasteiger partial charge in [0.05, 0.1) is 0 Å². The minimum Gasteiger partial charge on any atom is -0.0882 e. The highest BCUT2D eigenvalue weighted by Gasteiger charge is 1.95. The maximum atomic E-state index is 3.11. The quantitative estimate of drug-likeness (QED) is 0.353. The first-order chi connectivity index (χ1) is 13.8. The van der Waals surface area contributed by atoms with Crippen molar-refractivity contribution in [2.24, 2.45) is 0 Å². The lowest BCUT2D eigenvalue weighted by Gasteiger charge is -2.00. The summed E-state index contributed by atoms with van der Waals surface area (Å²) in [6.45, 7) is 2.19. The highest BCUT2D eigenvalue weighted by Crippen LogP contribution is 2.18. The largest absolute Gasteiger partial charge is 0.0882 e. The molecule has 0 fully saturated rings. The van der Waals surface area contributed by atoms with Gasteiger partial charge in [-0.05, 0) is 65.6 Å². The van der Waals surface area contributed by atoms with Crippen LogP contribution in [0.3, 0.4) is 0 Å². The van der Waals surface area contributed by atoms with Gasteiger partial charge < -0.3 is 0 Å². The smallest absolute Gasteiger partial charge is 0.0255 e. The van der Waals surface area contributed by atoms with Crippen molar-refractivity contribution in [2.45, 2.75) is 26.2 Å². The lowest BCUT2D eigenvalue weighted by atomic mass is 10.0. The van der Waals surface area contributed by atoms with Gasteiger partial charge in [0.1, 0.15) is 0 Å². The fraction of sp³-hybridized carbons (Fsp3) is 0.143. The average molecular weight is 360 g/mol. The molecule has 28 heavy (non-hydrogen) atoms. The van der Waals surface area contributed by atoms with E-state index in [1.165, 1.54) is 23.1 Å². The lowest BCUT2D eigenvalue weighted by molar-refractivity contribution is 0.953. The van der Waals surface area contributed by atoms with Crippen LogP contribution in [0.25, 0.3) is 11.1 Å². The predicted molar refractivity (Wildman–Crippen MR) is 120 cm³/mol.